The van der Waals surface area contributed by atoms with Crippen LogP contribution in [-0.2, 0) is 6.54 Å². The van der Waals surface area contributed by atoms with Crippen molar-refractivity contribution in [1.29, 1.82) is 0 Å². The summed E-state index contributed by atoms with van der Waals surface area (Å²) in [5.74, 6) is 0.890. The fourth-order valence-electron chi connectivity index (χ4n) is 2.39. The molecule has 0 N–H and O–H groups in total. The maximum atomic E-state index is 6.30. The van der Waals surface area contributed by atoms with Crippen molar-refractivity contribution in [3.8, 4) is 11.3 Å². The monoisotopic (exact) mass is 420 g/mol. The summed E-state index contributed by atoms with van der Waals surface area (Å²) in [6.45, 7) is 2.92. The second-order valence-corrected chi connectivity index (χ2v) is 7.04. The maximum absolute atomic E-state index is 6.30. The van der Waals surface area contributed by atoms with Gasteiger partial charge in [0, 0.05) is 27.8 Å². The van der Waals surface area contributed by atoms with E-state index >= 15 is 0 Å². The minimum absolute atomic E-state index is 0.603. The standard InChI is InChI=1S/C19H15BrCl2N2/c1-2-24-12-18(16-9-8-15(21)11-17(16)22)23-19(24)10-5-13-3-6-14(20)7-4-13/h3-12H,2H2,1H3. The van der Waals surface area contributed by atoms with Crippen LogP contribution in [0.4, 0.5) is 0 Å². The first kappa shape index (κ1) is 17.3. The zero-order valence-electron chi connectivity index (χ0n) is 13.0. The molecule has 0 aliphatic rings. The fraction of sp³-hybridized carbons (Fsp3) is 0.105. The van der Waals surface area contributed by atoms with Crippen molar-refractivity contribution in [2.45, 2.75) is 13.5 Å². The van der Waals surface area contributed by atoms with Crippen molar-refractivity contribution < 1.29 is 0 Å². The van der Waals surface area contributed by atoms with Crippen LogP contribution >= 0.6 is 39.1 Å². The molecular formula is C19H15BrCl2N2. The molecule has 0 radical (unpaired) electrons. The Morgan fingerprint density at radius 1 is 1.08 bits per heavy atom. The second kappa shape index (κ2) is 7.56. The van der Waals surface area contributed by atoms with Gasteiger partial charge in [0.1, 0.15) is 5.82 Å². The molecule has 0 aliphatic heterocycles. The smallest absolute Gasteiger partial charge is 0.133 e. The number of hydrogen-bond acceptors (Lipinski definition) is 1. The largest absolute Gasteiger partial charge is 0.331 e. The Bertz CT molecular complexity index is 883. The van der Waals surface area contributed by atoms with Crippen LogP contribution in [0.1, 0.15) is 18.3 Å². The summed E-state index contributed by atoms with van der Waals surface area (Å²) < 4.78 is 3.16. The van der Waals surface area contributed by atoms with Gasteiger partial charge < -0.3 is 4.57 Å². The lowest BCUT2D eigenvalue weighted by Crippen LogP contribution is -1.94. The highest BCUT2D eigenvalue weighted by atomic mass is 79.9. The van der Waals surface area contributed by atoms with Gasteiger partial charge >= 0.3 is 0 Å². The number of halogens is 3. The first-order valence-electron chi connectivity index (χ1n) is 7.53. The van der Waals surface area contributed by atoms with Gasteiger partial charge in [0.15, 0.2) is 0 Å². The Morgan fingerprint density at radius 3 is 2.50 bits per heavy atom. The normalized spacial score (nSPS) is 11.3. The number of aromatic nitrogens is 2. The van der Waals surface area contributed by atoms with E-state index in [9.17, 15) is 0 Å². The molecule has 3 aromatic rings. The van der Waals surface area contributed by atoms with Crippen molar-refractivity contribution in [2.75, 3.05) is 0 Å². The highest BCUT2D eigenvalue weighted by molar-refractivity contribution is 9.10. The lowest BCUT2D eigenvalue weighted by atomic mass is 10.2. The molecule has 0 amide bonds. The molecular weight excluding hydrogens is 407 g/mol. The summed E-state index contributed by atoms with van der Waals surface area (Å²) in [7, 11) is 0. The minimum Gasteiger partial charge on any atom is -0.331 e. The quantitative estimate of drug-likeness (QED) is 0.452. The molecule has 1 aromatic heterocycles. The van der Waals surface area contributed by atoms with Crippen LogP contribution < -0.4 is 0 Å². The van der Waals surface area contributed by atoms with Crippen LogP contribution in [0.3, 0.4) is 0 Å². The van der Waals surface area contributed by atoms with Crippen molar-refractivity contribution in [3.05, 3.63) is 74.6 Å². The van der Waals surface area contributed by atoms with E-state index in [1.54, 1.807) is 6.07 Å². The fourth-order valence-corrected chi connectivity index (χ4v) is 3.16. The van der Waals surface area contributed by atoms with E-state index in [0.29, 0.717) is 10.0 Å². The van der Waals surface area contributed by atoms with Crippen molar-refractivity contribution in [3.63, 3.8) is 0 Å². The second-order valence-electron chi connectivity index (χ2n) is 5.28. The molecule has 24 heavy (non-hydrogen) atoms. The zero-order valence-corrected chi connectivity index (χ0v) is 16.1. The minimum atomic E-state index is 0.603. The van der Waals surface area contributed by atoms with Gasteiger partial charge in [0.05, 0.1) is 10.7 Å². The molecule has 0 saturated heterocycles. The van der Waals surface area contributed by atoms with Crippen LogP contribution in [0, 0.1) is 0 Å². The van der Waals surface area contributed by atoms with Gasteiger partial charge in [-0.3, -0.25) is 0 Å². The lowest BCUT2D eigenvalue weighted by Gasteiger charge is -2.00. The van der Waals surface area contributed by atoms with Gasteiger partial charge in [-0.05, 0) is 48.9 Å². The molecule has 0 unspecified atom stereocenters. The third kappa shape index (κ3) is 3.92. The van der Waals surface area contributed by atoms with E-state index in [4.69, 9.17) is 28.2 Å². The topological polar surface area (TPSA) is 17.8 Å². The predicted octanol–water partition coefficient (Wildman–Crippen LogP) is 6.81. The third-order valence-corrected chi connectivity index (χ3v) is 4.73. The van der Waals surface area contributed by atoms with Crippen molar-refractivity contribution in [2.24, 2.45) is 0 Å². The first-order valence-corrected chi connectivity index (χ1v) is 9.08. The van der Waals surface area contributed by atoms with Crippen LogP contribution in [0.15, 0.2) is 53.1 Å². The SMILES string of the molecule is CCn1cc(-c2ccc(Cl)cc2Cl)nc1C=Cc1ccc(Br)cc1. The van der Waals surface area contributed by atoms with Crippen LogP contribution in [0.25, 0.3) is 23.4 Å². The Kier molecular flexibility index (Phi) is 5.44. The number of nitrogens with zero attached hydrogens (tertiary/aromatic N) is 2. The summed E-state index contributed by atoms with van der Waals surface area (Å²) in [4.78, 5) is 4.71. The van der Waals surface area contributed by atoms with E-state index in [1.807, 2.05) is 42.6 Å². The molecule has 2 aromatic carbocycles. The van der Waals surface area contributed by atoms with Crippen LogP contribution in [0.2, 0.25) is 10.0 Å². The summed E-state index contributed by atoms with van der Waals surface area (Å²) in [5, 5.41) is 1.22. The predicted molar refractivity (Wildman–Crippen MR) is 106 cm³/mol. The summed E-state index contributed by atoms with van der Waals surface area (Å²) >= 11 is 15.7. The van der Waals surface area contributed by atoms with Gasteiger partial charge in [-0.15, -0.1) is 0 Å². The molecule has 0 spiro atoms. The number of aryl methyl sites for hydroxylation is 1. The van der Waals surface area contributed by atoms with Gasteiger partial charge in [-0.25, -0.2) is 4.98 Å². The zero-order chi connectivity index (χ0) is 17.1. The molecule has 1 heterocycles. The number of rotatable bonds is 4. The highest BCUT2D eigenvalue weighted by Gasteiger charge is 2.10. The van der Waals surface area contributed by atoms with Crippen LogP contribution in [-0.4, -0.2) is 9.55 Å². The van der Waals surface area contributed by atoms with Crippen LogP contribution in [0.5, 0.6) is 0 Å². The molecule has 3 rings (SSSR count). The lowest BCUT2D eigenvalue weighted by molar-refractivity contribution is 0.753. The van der Waals surface area contributed by atoms with E-state index in [0.717, 1.165) is 33.7 Å². The highest BCUT2D eigenvalue weighted by Crippen LogP contribution is 2.30. The van der Waals surface area contributed by atoms with Gasteiger partial charge in [-0.1, -0.05) is 57.3 Å². The molecule has 122 valence electrons. The average Bonchev–Trinajstić information content (AvgIpc) is 2.97. The first-order chi connectivity index (χ1) is 11.6. The van der Waals surface area contributed by atoms with Crippen molar-refractivity contribution in [1.82, 2.24) is 9.55 Å². The molecule has 0 saturated carbocycles. The number of imidazole rings is 1. The summed E-state index contributed by atoms with van der Waals surface area (Å²) in [5.41, 5.74) is 2.84. The summed E-state index contributed by atoms with van der Waals surface area (Å²) in [6.07, 6.45) is 6.07. The van der Waals surface area contributed by atoms with Crippen molar-refractivity contribution >= 4 is 51.3 Å². The number of hydrogen-bond donors (Lipinski definition) is 0. The van der Waals surface area contributed by atoms with Gasteiger partial charge in [-0.2, -0.15) is 0 Å². The van der Waals surface area contributed by atoms with E-state index in [1.165, 1.54) is 0 Å². The number of benzene rings is 2. The molecule has 0 aliphatic carbocycles. The average molecular weight is 422 g/mol. The van der Waals surface area contributed by atoms with Gasteiger partial charge in [0.2, 0.25) is 0 Å². The van der Waals surface area contributed by atoms with E-state index in [2.05, 4.69) is 39.6 Å². The Morgan fingerprint density at radius 2 is 1.83 bits per heavy atom. The summed E-state index contributed by atoms with van der Waals surface area (Å²) in [6, 6.07) is 13.6. The Labute approximate surface area is 159 Å². The molecule has 0 bridgehead atoms. The molecule has 2 nitrogen and oxygen atoms in total. The Hall–Kier alpha value is -1.55. The molecule has 0 fully saturated rings. The van der Waals surface area contributed by atoms with Gasteiger partial charge in [0.25, 0.3) is 0 Å². The van der Waals surface area contributed by atoms with E-state index in [-0.39, 0.29) is 0 Å². The molecule has 0 atom stereocenters. The maximum Gasteiger partial charge on any atom is 0.133 e. The Balaban J connectivity index is 1.94. The molecule has 5 heteroatoms. The van der Waals surface area contributed by atoms with E-state index < -0.39 is 0 Å². The third-order valence-electron chi connectivity index (χ3n) is 3.65.